The zero-order valence-electron chi connectivity index (χ0n) is 9.05. The number of carbonyl (C=O) groups is 1. The molecule has 0 atom stereocenters. The lowest BCUT2D eigenvalue weighted by Gasteiger charge is -2.00. The maximum Gasteiger partial charge on any atom is 0.187 e. The molecule has 0 fully saturated rings. The van der Waals surface area contributed by atoms with E-state index in [1.54, 1.807) is 18.5 Å². The molecule has 0 amide bonds. The molecule has 0 aliphatic carbocycles. The summed E-state index contributed by atoms with van der Waals surface area (Å²) in [5.74, 6) is 0.00222. The van der Waals surface area contributed by atoms with E-state index in [9.17, 15) is 4.79 Å². The lowest BCUT2D eigenvalue weighted by Crippen LogP contribution is -2.07. The fourth-order valence-corrected chi connectivity index (χ4v) is 1.45. The molecule has 3 nitrogen and oxygen atoms in total. The summed E-state index contributed by atoms with van der Waals surface area (Å²) < 4.78 is 0. The van der Waals surface area contributed by atoms with Crippen LogP contribution in [0.5, 0.6) is 0 Å². The summed E-state index contributed by atoms with van der Waals surface area (Å²) in [6.45, 7) is 1.94. The summed E-state index contributed by atoms with van der Waals surface area (Å²) in [4.78, 5) is 20.0. The van der Waals surface area contributed by atoms with E-state index in [2.05, 4.69) is 9.97 Å². The molecule has 0 aliphatic rings. The van der Waals surface area contributed by atoms with Crippen molar-refractivity contribution in [1.29, 1.82) is 0 Å². The Morgan fingerprint density at radius 3 is 2.75 bits per heavy atom. The average molecular weight is 212 g/mol. The topological polar surface area (TPSA) is 42.9 Å². The summed E-state index contributed by atoms with van der Waals surface area (Å²) in [5, 5.41) is 0. The van der Waals surface area contributed by atoms with Gasteiger partial charge in [0.2, 0.25) is 0 Å². The highest BCUT2D eigenvalue weighted by Gasteiger charge is 2.08. The minimum Gasteiger partial charge on any atom is -0.292 e. The maximum atomic E-state index is 11.9. The number of carbonyl (C=O) groups excluding carboxylic acids is 1. The van der Waals surface area contributed by atoms with Gasteiger partial charge in [0.15, 0.2) is 5.78 Å². The van der Waals surface area contributed by atoms with Crippen LogP contribution in [0.2, 0.25) is 0 Å². The second-order valence-electron chi connectivity index (χ2n) is 3.64. The Labute approximate surface area is 94.2 Å². The standard InChI is InChI=1S/C13H12N2O/c1-10-5-7-15-12(8-10)13(16)9-11-4-2-3-6-14-11/h2-8H,9H2,1H3. The van der Waals surface area contributed by atoms with Crippen molar-refractivity contribution in [2.75, 3.05) is 0 Å². The van der Waals surface area contributed by atoms with Crippen LogP contribution in [0, 0.1) is 6.92 Å². The first-order chi connectivity index (χ1) is 7.75. The number of pyridine rings is 2. The van der Waals surface area contributed by atoms with E-state index in [-0.39, 0.29) is 5.78 Å². The second-order valence-corrected chi connectivity index (χ2v) is 3.64. The summed E-state index contributed by atoms with van der Waals surface area (Å²) in [5.41, 5.74) is 2.32. The van der Waals surface area contributed by atoms with E-state index in [0.29, 0.717) is 12.1 Å². The third-order valence-corrected chi connectivity index (χ3v) is 2.27. The number of hydrogen-bond donors (Lipinski definition) is 0. The third kappa shape index (κ3) is 2.51. The fraction of sp³-hybridized carbons (Fsp3) is 0.154. The molecule has 0 unspecified atom stereocenters. The predicted octanol–water partition coefficient (Wildman–Crippen LogP) is 2.21. The van der Waals surface area contributed by atoms with E-state index < -0.39 is 0 Å². The van der Waals surface area contributed by atoms with Gasteiger partial charge in [0.05, 0.1) is 6.42 Å². The minimum atomic E-state index is 0.00222. The Kier molecular flexibility index (Phi) is 3.05. The van der Waals surface area contributed by atoms with Gasteiger partial charge in [-0.25, -0.2) is 0 Å². The highest BCUT2D eigenvalue weighted by Crippen LogP contribution is 2.05. The van der Waals surface area contributed by atoms with Gasteiger partial charge in [-0.05, 0) is 36.8 Å². The van der Waals surface area contributed by atoms with Crippen molar-refractivity contribution in [2.24, 2.45) is 0 Å². The first-order valence-corrected chi connectivity index (χ1v) is 5.11. The monoisotopic (exact) mass is 212 g/mol. The lowest BCUT2D eigenvalue weighted by atomic mass is 10.1. The zero-order valence-corrected chi connectivity index (χ0v) is 9.05. The van der Waals surface area contributed by atoms with Crippen LogP contribution in [0.15, 0.2) is 42.7 Å². The smallest absolute Gasteiger partial charge is 0.187 e. The minimum absolute atomic E-state index is 0.00222. The molecule has 0 radical (unpaired) electrons. The molecule has 3 heteroatoms. The van der Waals surface area contributed by atoms with Gasteiger partial charge in [0.1, 0.15) is 5.69 Å². The SMILES string of the molecule is Cc1ccnc(C(=O)Cc2ccccn2)c1. The Bertz CT molecular complexity index is 494. The van der Waals surface area contributed by atoms with Gasteiger partial charge in [-0.3, -0.25) is 14.8 Å². The molecule has 0 bridgehead atoms. The molecule has 80 valence electrons. The predicted molar refractivity (Wildman–Crippen MR) is 61.2 cm³/mol. The molecule has 0 aliphatic heterocycles. The van der Waals surface area contributed by atoms with Crippen molar-refractivity contribution in [3.05, 3.63) is 59.7 Å². The van der Waals surface area contributed by atoms with Crippen LogP contribution < -0.4 is 0 Å². The van der Waals surface area contributed by atoms with Gasteiger partial charge in [-0.2, -0.15) is 0 Å². The van der Waals surface area contributed by atoms with Gasteiger partial charge >= 0.3 is 0 Å². The molecule has 2 heterocycles. The van der Waals surface area contributed by atoms with Crippen LogP contribution >= 0.6 is 0 Å². The Hall–Kier alpha value is -2.03. The molecule has 0 N–H and O–H groups in total. The Morgan fingerprint density at radius 2 is 2.06 bits per heavy atom. The van der Waals surface area contributed by atoms with Crippen molar-refractivity contribution in [2.45, 2.75) is 13.3 Å². The van der Waals surface area contributed by atoms with E-state index in [1.807, 2.05) is 31.2 Å². The number of nitrogens with zero attached hydrogens (tertiary/aromatic N) is 2. The molecule has 0 saturated heterocycles. The van der Waals surface area contributed by atoms with Crippen molar-refractivity contribution in [3.8, 4) is 0 Å². The molecular weight excluding hydrogens is 200 g/mol. The maximum absolute atomic E-state index is 11.9. The van der Waals surface area contributed by atoms with Gasteiger partial charge in [-0.1, -0.05) is 6.07 Å². The summed E-state index contributed by atoms with van der Waals surface area (Å²) in [7, 11) is 0. The molecule has 2 rings (SSSR count). The average Bonchev–Trinajstić information content (AvgIpc) is 2.30. The van der Waals surface area contributed by atoms with E-state index in [0.717, 1.165) is 11.3 Å². The first-order valence-electron chi connectivity index (χ1n) is 5.11. The summed E-state index contributed by atoms with van der Waals surface area (Å²) in [6, 6.07) is 9.22. The number of hydrogen-bond acceptors (Lipinski definition) is 3. The number of rotatable bonds is 3. The molecule has 2 aromatic heterocycles. The molecule has 0 saturated carbocycles. The lowest BCUT2D eigenvalue weighted by molar-refractivity contribution is 0.0987. The highest BCUT2D eigenvalue weighted by molar-refractivity contribution is 5.95. The normalized spacial score (nSPS) is 10.1. The van der Waals surface area contributed by atoms with Gasteiger partial charge in [0, 0.05) is 18.1 Å². The summed E-state index contributed by atoms with van der Waals surface area (Å²) in [6.07, 6.45) is 3.64. The third-order valence-electron chi connectivity index (χ3n) is 2.27. The number of Topliss-reactive ketones (excluding diaryl/α,β-unsaturated/α-hetero) is 1. The van der Waals surface area contributed by atoms with Crippen LogP contribution in [-0.4, -0.2) is 15.8 Å². The van der Waals surface area contributed by atoms with Gasteiger partial charge in [-0.15, -0.1) is 0 Å². The van der Waals surface area contributed by atoms with Crippen LogP contribution in [0.1, 0.15) is 21.7 Å². The molecule has 0 spiro atoms. The largest absolute Gasteiger partial charge is 0.292 e. The van der Waals surface area contributed by atoms with Gasteiger partial charge in [0.25, 0.3) is 0 Å². The van der Waals surface area contributed by atoms with Crippen LogP contribution in [0.3, 0.4) is 0 Å². The van der Waals surface area contributed by atoms with Gasteiger partial charge < -0.3 is 0 Å². The Morgan fingerprint density at radius 1 is 1.19 bits per heavy atom. The Balaban J connectivity index is 2.15. The fourth-order valence-electron chi connectivity index (χ4n) is 1.45. The first kappa shape index (κ1) is 10.5. The number of aryl methyl sites for hydroxylation is 1. The van der Waals surface area contributed by atoms with Crippen LogP contribution in [0.25, 0.3) is 0 Å². The number of ketones is 1. The molecular formula is C13H12N2O. The second kappa shape index (κ2) is 4.66. The van der Waals surface area contributed by atoms with E-state index in [4.69, 9.17) is 0 Å². The summed E-state index contributed by atoms with van der Waals surface area (Å²) >= 11 is 0. The van der Waals surface area contributed by atoms with E-state index in [1.165, 1.54) is 0 Å². The van der Waals surface area contributed by atoms with Crippen molar-refractivity contribution >= 4 is 5.78 Å². The number of aromatic nitrogens is 2. The highest BCUT2D eigenvalue weighted by atomic mass is 16.1. The van der Waals surface area contributed by atoms with Crippen molar-refractivity contribution < 1.29 is 4.79 Å². The zero-order chi connectivity index (χ0) is 11.4. The van der Waals surface area contributed by atoms with Crippen LogP contribution in [0.4, 0.5) is 0 Å². The quantitative estimate of drug-likeness (QED) is 0.732. The molecule has 0 aromatic carbocycles. The van der Waals surface area contributed by atoms with E-state index >= 15 is 0 Å². The van der Waals surface area contributed by atoms with Crippen molar-refractivity contribution in [1.82, 2.24) is 9.97 Å². The van der Waals surface area contributed by atoms with Crippen LogP contribution in [-0.2, 0) is 6.42 Å². The van der Waals surface area contributed by atoms with Crippen molar-refractivity contribution in [3.63, 3.8) is 0 Å². The molecule has 2 aromatic rings. The molecule has 16 heavy (non-hydrogen) atoms.